The minimum absolute atomic E-state index is 0.0684. The Kier molecular flexibility index (Phi) is 7.56. The highest BCUT2D eigenvalue weighted by molar-refractivity contribution is 7.98. The SMILES string of the molecule is Cc1ccc(CSCCNC(=O)c2cccc(OCc3ccccc3)c2)cc1. The summed E-state index contributed by atoms with van der Waals surface area (Å²) in [5, 5.41) is 2.98. The molecular formula is C24H25NO2S. The summed E-state index contributed by atoms with van der Waals surface area (Å²) in [6.07, 6.45) is 0. The molecule has 4 heteroatoms. The maximum Gasteiger partial charge on any atom is 0.251 e. The predicted molar refractivity (Wildman–Crippen MR) is 117 cm³/mol. The number of benzene rings is 3. The Balaban J connectivity index is 1.40. The average molecular weight is 392 g/mol. The fourth-order valence-corrected chi connectivity index (χ4v) is 3.50. The van der Waals surface area contributed by atoms with Crippen molar-refractivity contribution >= 4 is 17.7 Å². The quantitative estimate of drug-likeness (QED) is 0.507. The van der Waals surface area contributed by atoms with Gasteiger partial charge in [-0.2, -0.15) is 11.8 Å². The van der Waals surface area contributed by atoms with Crippen molar-refractivity contribution in [3.8, 4) is 5.75 Å². The maximum absolute atomic E-state index is 12.4. The molecule has 0 saturated carbocycles. The van der Waals surface area contributed by atoms with E-state index in [0.717, 1.165) is 17.1 Å². The highest BCUT2D eigenvalue weighted by Crippen LogP contribution is 2.16. The molecule has 1 amide bonds. The number of nitrogens with one attached hydrogen (secondary N) is 1. The molecule has 28 heavy (non-hydrogen) atoms. The van der Waals surface area contributed by atoms with E-state index < -0.39 is 0 Å². The molecule has 0 aromatic heterocycles. The van der Waals surface area contributed by atoms with Crippen LogP contribution in [0.5, 0.6) is 5.75 Å². The average Bonchev–Trinajstić information content (AvgIpc) is 2.74. The van der Waals surface area contributed by atoms with E-state index in [1.54, 1.807) is 6.07 Å². The lowest BCUT2D eigenvalue weighted by molar-refractivity contribution is 0.0955. The molecule has 1 N–H and O–H groups in total. The zero-order chi connectivity index (χ0) is 19.6. The third kappa shape index (κ3) is 6.46. The normalized spacial score (nSPS) is 10.5. The second-order valence-corrected chi connectivity index (χ2v) is 7.70. The van der Waals surface area contributed by atoms with Crippen LogP contribution in [0, 0.1) is 6.92 Å². The van der Waals surface area contributed by atoms with Crippen LogP contribution in [0.1, 0.15) is 27.0 Å². The Morgan fingerprint density at radius 2 is 1.71 bits per heavy atom. The van der Waals surface area contributed by atoms with Crippen molar-refractivity contribution < 1.29 is 9.53 Å². The van der Waals surface area contributed by atoms with Crippen molar-refractivity contribution in [1.82, 2.24) is 5.32 Å². The number of thioether (sulfide) groups is 1. The van der Waals surface area contributed by atoms with E-state index in [9.17, 15) is 4.79 Å². The van der Waals surface area contributed by atoms with E-state index in [1.165, 1.54) is 11.1 Å². The van der Waals surface area contributed by atoms with Crippen LogP contribution in [-0.2, 0) is 12.4 Å². The summed E-state index contributed by atoms with van der Waals surface area (Å²) in [6.45, 7) is 3.22. The molecule has 144 valence electrons. The van der Waals surface area contributed by atoms with Gasteiger partial charge in [-0.25, -0.2) is 0 Å². The Labute approximate surface area is 171 Å². The molecule has 0 saturated heterocycles. The second kappa shape index (κ2) is 10.6. The number of hydrogen-bond acceptors (Lipinski definition) is 3. The van der Waals surface area contributed by atoms with Gasteiger partial charge < -0.3 is 10.1 Å². The van der Waals surface area contributed by atoms with Gasteiger partial charge in [0.2, 0.25) is 0 Å². The number of amides is 1. The van der Waals surface area contributed by atoms with Gasteiger partial charge in [-0.1, -0.05) is 66.2 Å². The molecule has 0 radical (unpaired) electrons. The van der Waals surface area contributed by atoms with Gasteiger partial charge in [0, 0.05) is 23.6 Å². The van der Waals surface area contributed by atoms with Crippen LogP contribution in [0.15, 0.2) is 78.9 Å². The number of aryl methyl sites for hydroxylation is 1. The molecule has 0 aliphatic heterocycles. The zero-order valence-electron chi connectivity index (χ0n) is 16.1. The smallest absolute Gasteiger partial charge is 0.251 e. The van der Waals surface area contributed by atoms with Crippen LogP contribution in [0.3, 0.4) is 0 Å². The first-order chi connectivity index (χ1) is 13.7. The van der Waals surface area contributed by atoms with E-state index in [2.05, 4.69) is 36.5 Å². The van der Waals surface area contributed by atoms with Gasteiger partial charge in [0.1, 0.15) is 12.4 Å². The minimum atomic E-state index is -0.0684. The highest BCUT2D eigenvalue weighted by atomic mass is 32.2. The summed E-state index contributed by atoms with van der Waals surface area (Å²) in [5.74, 6) is 2.47. The van der Waals surface area contributed by atoms with Crippen LogP contribution in [-0.4, -0.2) is 18.2 Å². The molecule has 0 heterocycles. The summed E-state index contributed by atoms with van der Waals surface area (Å²) >= 11 is 1.82. The number of hydrogen-bond donors (Lipinski definition) is 1. The summed E-state index contributed by atoms with van der Waals surface area (Å²) in [6, 6.07) is 25.9. The molecule has 3 nitrogen and oxygen atoms in total. The van der Waals surface area contributed by atoms with E-state index in [1.807, 2.05) is 60.3 Å². The first kappa shape index (κ1) is 20.0. The van der Waals surface area contributed by atoms with E-state index >= 15 is 0 Å². The van der Waals surface area contributed by atoms with Crippen molar-refractivity contribution in [1.29, 1.82) is 0 Å². The first-order valence-corrected chi connectivity index (χ1v) is 10.5. The number of carbonyl (C=O) groups excluding carboxylic acids is 1. The molecule has 0 aliphatic carbocycles. The topological polar surface area (TPSA) is 38.3 Å². The number of rotatable bonds is 9. The van der Waals surface area contributed by atoms with Gasteiger partial charge in [0.25, 0.3) is 5.91 Å². The minimum Gasteiger partial charge on any atom is -0.489 e. The third-order valence-electron chi connectivity index (χ3n) is 4.27. The molecule has 0 aliphatic rings. The molecule has 3 rings (SSSR count). The van der Waals surface area contributed by atoms with Gasteiger partial charge in [0.05, 0.1) is 0 Å². The molecule has 3 aromatic rings. The standard InChI is InChI=1S/C24H25NO2S/c1-19-10-12-21(13-11-19)18-28-15-14-25-24(26)22-8-5-9-23(16-22)27-17-20-6-3-2-4-7-20/h2-13,16H,14-15,17-18H2,1H3,(H,25,26). The van der Waals surface area contributed by atoms with Crippen molar-refractivity contribution in [2.24, 2.45) is 0 Å². The monoisotopic (exact) mass is 391 g/mol. The van der Waals surface area contributed by atoms with Gasteiger partial charge in [-0.05, 0) is 36.2 Å². The zero-order valence-corrected chi connectivity index (χ0v) is 16.9. The lowest BCUT2D eigenvalue weighted by atomic mass is 10.2. The van der Waals surface area contributed by atoms with E-state index in [0.29, 0.717) is 24.5 Å². The van der Waals surface area contributed by atoms with Crippen LogP contribution in [0.25, 0.3) is 0 Å². The molecule has 3 aromatic carbocycles. The molecule has 0 unspecified atom stereocenters. The summed E-state index contributed by atoms with van der Waals surface area (Å²) in [7, 11) is 0. The number of carbonyl (C=O) groups is 1. The predicted octanol–water partition coefficient (Wildman–Crippen LogP) is 5.24. The Morgan fingerprint density at radius 1 is 0.929 bits per heavy atom. The van der Waals surface area contributed by atoms with Crippen LogP contribution >= 0.6 is 11.8 Å². The Morgan fingerprint density at radius 3 is 2.50 bits per heavy atom. The summed E-state index contributed by atoms with van der Waals surface area (Å²) < 4.78 is 5.80. The molecule has 0 spiro atoms. The molecule has 0 fully saturated rings. The second-order valence-electron chi connectivity index (χ2n) is 6.60. The number of ether oxygens (including phenoxy) is 1. The lowest BCUT2D eigenvalue weighted by Crippen LogP contribution is -2.25. The summed E-state index contributed by atoms with van der Waals surface area (Å²) in [5.41, 5.74) is 4.30. The highest BCUT2D eigenvalue weighted by Gasteiger charge is 2.06. The van der Waals surface area contributed by atoms with Gasteiger partial charge in [-0.15, -0.1) is 0 Å². The van der Waals surface area contributed by atoms with E-state index in [-0.39, 0.29) is 5.91 Å². The van der Waals surface area contributed by atoms with Gasteiger partial charge in [-0.3, -0.25) is 4.79 Å². The largest absolute Gasteiger partial charge is 0.489 e. The van der Waals surface area contributed by atoms with Crippen molar-refractivity contribution in [2.75, 3.05) is 12.3 Å². The third-order valence-corrected chi connectivity index (χ3v) is 5.30. The Bertz CT molecular complexity index is 879. The van der Waals surface area contributed by atoms with Gasteiger partial charge in [0.15, 0.2) is 0 Å². The Hall–Kier alpha value is -2.72. The molecular weight excluding hydrogens is 366 g/mol. The molecule has 0 bridgehead atoms. The van der Waals surface area contributed by atoms with Crippen molar-refractivity contribution in [3.05, 3.63) is 101 Å². The van der Waals surface area contributed by atoms with Crippen molar-refractivity contribution in [2.45, 2.75) is 19.3 Å². The van der Waals surface area contributed by atoms with Crippen LogP contribution in [0.2, 0.25) is 0 Å². The fourth-order valence-electron chi connectivity index (χ4n) is 2.68. The molecule has 0 atom stereocenters. The maximum atomic E-state index is 12.4. The van der Waals surface area contributed by atoms with Crippen LogP contribution in [0.4, 0.5) is 0 Å². The van der Waals surface area contributed by atoms with Crippen molar-refractivity contribution in [3.63, 3.8) is 0 Å². The first-order valence-electron chi connectivity index (χ1n) is 9.39. The van der Waals surface area contributed by atoms with Crippen LogP contribution < -0.4 is 10.1 Å². The van der Waals surface area contributed by atoms with E-state index in [4.69, 9.17) is 4.74 Å². The summed E-state index contributed by atoms with van der Waals surface area (Å²) in [4.78, 5) is 12.4. The van der Waals surface area contributed by atoms with Gasteiger partial charge >= 0.3 is 0 Å². The lowest BCUT2D eigenvalue weighted by Gasteiger charge is -2.09. The fraction of sp³-hybridized carbons (Fsp3) is 0.208.